The Morgan fingerprint density at radius 2 is 1.55 bits per heavy atom. The molecule has 22 heavy (non-hydrogen) atoms. The lowest BCUT2D eigenvalue weighted by molar-refractivity contribution is 0.229. The summed E-state index contributed by atoms with van der Waals surface area (Å²) in [6.07, 6.45) is 3.22. The van der Waals surface area contributed by atoms with E-state index in [-0.39, 0.29) is 5.04 Å². The highest BCUT2D eigenvalue weighted by molar-refractivity contribution is 6.74. The van der Waals surface area contributed by atoms with Crippen LogP contribution >= 0.6 is 34.8 Å². The fourth-order valence-corrected chi connectivity index (χ4v) is 3.41. The summed E-state index contributed by atoms with van der Waals surface area (Å²) in [6.45, 7) is 12.8. The van der Waals surface area contributed by atoms with E-state index in [0.717, 1.165) is 5.56 Å². The van der Waals surface area contributed by atoms with Gasteiger partial charge in [0.05, 0.1) is 0 Å². The highest BCUT2D eigenvalue weighted by Crippen LogP contribution is 2.42. The van der Waals surface area contributed by atoms with Crippen LogP contribution in [-0.4, -0.2) is 18.2 Å². The van der Waals surface area contributed by atoms with E-state index in [1.807, 2.05) is 24.3 Å². The Kier molecular flexibility index (Phi) is 6.63. The molecule has 1 rings (SSSR count). The molecule has 0 aliphatic carbocycles. The summed E-state index contributed by atoms with van der Waals surface area (Å²) in [5.41, 5.74) is 2.27. The minimum Gasteiger partial charge on any atom is -0.406 e. The van der Waals surface area contributed by atoms with Gasteiger partial charge in [-0.05, 0) is 30.6 Å². The van der Waals surface area contributed by atoms with E-state index in [1.54, 1.807) is 0 Å². The summed E-state index contributed by atoms with van der Waals surface area (Å²) in [7, 11) is -2.03. The molecule has 5 heteroatoms. The second-order valence-electron chi connectivity index (χ2n) is 7.11. The van der Waals surface area contributed by atoms with Gasteiger partial charge in [-0.2, -0.15) is 0 Å². The predicted molar refractivity (Wildman–Crippen MR) is 103 cm³/mol. The smallest absolute Gasteiger partial charge is 0.218 e. The van der Waals surface area contributed by atoms with Crippen molar-refractivity contribution in [2.45, 2.75) is 55.7 Å². The van der Waals surface area contributed by atoms with E-state index >= 15 is 0 Å². The third kappa shape index (κ3) is 5.90. The van der Waals surface area contributed by atoms with E-state index in [4.69, 9.17) is 39.2 Å². The van der Waals surface area contributed by atoms with Gasteiger partial charge in [-0.25, -0.2) is 0 Å². The maximum atomic E-state index is 6.27. The highest BCUT2D eigenvalue weighted by Gasteiger charge is 2.43. The van der Waals surface area contributed by atoms with E-state index in [1.165, 1.54) is 5.56 Å². The van der Waals surface area contributed by atoms with Crippen LogP contribution in [-0.2, 0) is 4.43 Å². The van der Waals surface area contributed by atoms with Gasteiger partial charge in [-0.3, -0.25) is 0 Å². The van der Waals surface area contributed by atoms with Gasteiger partial charge in [0.25, 0.3) is 0 Å². The van der Waals surface area contributed by atoms with Crippen LogP contribution in [0.1, 0.15) is 31.9 Å². The van der Waals surface area contributed by atoms with Crippen molar-refractivity contribution in [2.24, 2.45) is 0 Å². The fraction of sp³-hybridized carbons (Fsp3) is 0.529. The molecule has 0 saturated heterocycles. The maximum absolute atomic E-state index is 6.27. The summed E-state index contributed by atoms with van der Waals surface area (Å²) >= 11 is 18.4. The fourth-order valence-electron chi connectivity index (χ4n) is 1.59. The normalized spacial score (nSPS) is 15.3. The van der Waals surface area contributed by atoms with Crippen LogP contribution in [0.4, 0.5) is 0 Å². The number of halogens is 3. The second-order valence-corrected chi connectivity index (χ2v) is 14.2. The van der Waals surface area contributed by atoms with E-state index in [9.17, 15) is 0 Å². The maximum Gasteiger partial charge on any atom is 0.218 e. The van der Waals surface area contributed by atoms with Gasteiger partial charge in [0.1, 0.15) is 6.10 Å². The summed E-state index contributed by atoms with van der Waals surface area (Å²) in [6, 6.07) is 8.18. The lowest BCUT2D eigenvalue weighted by atomic mass is 10.1. The Bertz CT molecular complexity index is 510. The quantitative estimate of drug-likeness (QED) is 0.414. The van der Waals surface area contributed by atoms with Crippen molar-refractivity contribution in [3.63, 3.8) is 0 Å². The minimum absolute atomic E-state index is 0.0544. The first-order chi connectivity index (χ1) is 9.83. The molecule has 1 atom stereocenters. The van der Waals surface area contributed by atoms with Crippen LogP contribution in [0, 0.1) is 6.92 Å². The molecule has 0 fully saturated rings. The Morgan fingerprint density at radius 3 is 1.95 bits per heavy atom. The average molecular weight is 380 g/mol. The van der Waals surface area contributed by atoms with Crippen molar-refractivity contribution < 1.29 is 4.43 Å². The molecule has 0 saturated carbocycles. The lowest BCUT2D eigenvalue weighted by Crippen LogP contribution is -2.46. The molecular weight excluding hydrogens is 355 g/mol. The van der Waals surface area contributed by atoms with E-state index in [0.29, 0.717) is 0 Å². The van der Waals surface area contributed by atoms with Gasteiger partial charge < -0.3 is 4.43 Å². The molecule has 0 bridgehead atoms. The Hall–Kier alpha value is 0.00688. The highest BCUT2D eigenvalue weighted by atomic mass is 35.6. The first-order valence-electron chi connectivity index (χ1n) is 7.32. The molecule has 0 unspecified atom stereocenters. The van der Waals surface area contributed by atoms with Gasteiger partial charge >= 0.3 is 0 Å². The first-order valence-corrected chi connectivity index (χ1v) is 11.4. The zero-order valence-electron chi connectivity index (χ0n) is 14.1. The van der Waals surface area contributed by atoms with Gasteiger partial charge in [-0.15, -0.1) is 0 Å². The van der Waals surface area contributed by atoms with Gasteiger partial charge in [-0.1, -0.05) is 97.6 Å². The summed E-state index contributed by atoms with van der Waals surface area (Å²) in [5, 5.41) is 0.0544. The van der Waals surface area contributed by atoms with Gasteiger partial charge in [0.2, 0.25) is 3.79 Å². The van der Waals surface area contributed by atoms with Gasteiger partial charge in [0, 0.05) is 0 Å². The Balaban J connectivity index is 2.98. The van der Waals surface area contributed by atoms with Crippen LogP contribution in [0.5, 0.6) is 0 Å². The van der Waals surface area contributed by atoms with Crippen molar-refractivity contribution >= 4 is 49.2 Å². The van der Waals surface area contributed by atoms with Crippen LogP contribution in [0.2, 0.25) is 18.1 Å². The molecule has 1 aromatic rings. The topological polar surface area (TPSA) is 9.23 Å². The molecule has 0 aliphatic heterocycles. The SMILES string of the molecule is Cc1ccc(/C=C/[C@H](O[Si](C)(C)C(C)(C)C)C(Cl)(Cl)Cl)cc1. The predicted octanol–water partition coefficient (Wildman–Crippen LogP) is 6.77. The zero-order valence-corrected chi connectivity index (χ0v) is 17.4. The van der Waals surface area contributed by atoms with Crippen molar-refractivity contribution in [1.82, 2.24) is 0 Å². The van der Waals surface area contributed by atoms with Crippen molar-refractivity contribution in [1.29, 1.82) is 0 Å². The monoisotopic (exact) mass is 378 g/mol. The molecule has 0 spiro atoms. The molecule has 124 valence electrons. The largest absolute Gasteiger partial charge is 0.406 e. The molecule has 0 radical (unpaired) electrons. The Morgan fingerprint density at radius 1 is 1.05 bits per heavy atom. The van der Waals surface area contributed by atoms with Crippen LogP contribution in [0.3, 0.4) is 0 Å². The zero-order chi connectivity index (χ0) is 17.2. The average Bonchev–Trinajstić information content (AvgIpc) is 2.33. The van der Waals surface area contributed by atoms with Crippen molar-refractivity contribution in [3.8, 4) is 0 Å². The first kappa shape index (κ1) is 20.1. The number of benzene rings is 1. The summed E-state index contributed by atoms with van der Waals surface area (Å²) < 4.78 is 4.78. The molecule has 1 aromatic carbocycles. The van der Waals surface area contributed by atoms with E-state index < -0.39 is 18.2 Å². The molecule has 0 amide bonds. The van der Waals surface area contributed by atoms with Crippen molar-refractivity contribution in [2.75, 3.05) is 0 Å². The number of rotatable bonds is 4. The Labute approximate surface area is 150 Å². The lowest BCUT2D eigenvalue weighted by Gasteiger charge is -2.40. The molecule has 0 aliphatic rings. The number of hydrogen-bond donors (Lipinski definition) is 0. The van der Waals surface area contributed by atoms with Gasteiger partial charge in [0.15, 0.2) is 8.32 Å². The van der Waals surface area contributed by atoms with Crippen LogP contribution in [0.15, 0.2) is 30.3 Å². The second kappa shape index (κ2) is 7.27. The summed E-state index contributed by atoms with van der Waals surface area (Å²) in [5.74, 6) is 0. The molecular formula is C17H25Cl3OSi. The number of alkyl halides is 3. The standard InChI is InChI=1S/C17H25Cl3OSi/c1-13-7-9-14(10-8-13)11-12-15(17(18,19)20)21-22(5,6)16(2,3)4/h7-12,15H,1-6H3/b12-11+/t15-/m0/s1. The third-order valence-corrected chi connectivity index (χ3v) is 9.19. The van der Waals surface area contributed by atoms with Crippen molar-refractivity contribution in [3.05, 3.63) is 41.5 Å². The molecule has 0 aromatic heterocycles. The van der Waals surface area contributed by atoms with Crippen LogP contribution in [0.25, 0.3) is 6.08 Å². The number of aryl methyl sites for hydroxylation is 1. The summed E-state index contributed by atoms with van der Waals surface area (Å²) in [4.78, 5) is 0. The molecule has 1 nitrogen and oxygen atoms in total. The molecule has 0 heterocycles. The van der Waals surface area contributed by atoms with E-state index in [2.05, 4.69) is 52.9 Å². The van der Waals surface area contributed by atoms with Crippen LogP contribution < -0.4 is 0 Å². The minimum atomic E-state index is -2.03. The molecule has 0 N–H and O–H groups in total. The third-order valence-electron chi connectivity index (χ3n) is 4.09. The number of hydrogen-bond acceptors (Lipinski definition) is 1.